The third-order valence-electron chi connectivity index (χ3n) is 2.89. The van der Waals surface area contributed by atoms with Gasteiger partial charge in [0.1, 0.15) is 11.5 Å². The SMILES string of the molecule is CCN(C)CC(N)c1ccc(OC)cc1OC. The molecule has 0 aliphatic rings. The van der Waals surface area contributed by atoms with Crippen LogP contribution in [0.25, 0.3) is 0 Å². The number of methoxy groups -OCH3 is 2. The second-order valence-corrected chi connectivity index (χ2v) is 4.07. The molecule has 4 heteroatoms. The minimum atomic E-state index is -0.0548. The highest BCUT2D eigenvalue weighted by Crippen LogP contribution is 2.28. The van der Waals surface area contributed by atoms with Gasteiger partial charge in [0.05, 0.1) is 14.2 Å². The molecule has 0 fully saturated rings. The van der Waals surface area contributed by atoms with Gasteiger partial charge in [0.25, 0.3) is 0 Å². The second kappa shape index (κ2) is 6.47. The van der Waals surface area contributed by atoms with E-state index in [0.717, 1.165) is 30.2 Å². The summed E-state index contributed by atoms with van der Waals surface area (Å²) in [7, 11) is 5.34. The molecule has 0 heterocycles. The molecule has 1 aromatic carbocycles. The molecule has 0 amide bonds. The van der Waals surface area contributed by atoms with Gasteiger partial charge in [0, 0.05) is 24.2 Å². The van der Waals surface area contributed by atoms with E-state index in [1.54, 1.807) is 14.2 Å². The fourth-order valence-electron chi connectivity index (χ4n) is 1.69. The van der Waals surface area contributed by atoms with Crippen molar-refractivity contribution in [2.45, 2.75) is 13.0 Å². The number of ether oxygens (including phenoxy) is 2. The number of rotatable bonds is 6. The van der Waals surface area contributed by atoms with Crippen molar-refractivity contribution in [3.8, 4) is 11.5 Å². The Labute approximate surface area is 103 Å². The van der Waals surface area contributed by atoms with Crippen LogP contribution >= 0.6 is 0 Å². The van der Waals surface area contributed by atoms with Crippen LogP contribution in [0.2, 0.25) is 0 Å². The maximum Gasteiger partial charge on any atom is 0.127 e. The fraction of sp³-hybridized carbons (Fsp3) is 0.538. The molecular formula is C13H22N2O2. The summed E-state index contributed by atoms with van der Waals surface area (Å²) in [5.74, 6) is 1.56. The predicted octanol–water partition coefficient (Wildman–Crippen LogP) is 1.66. The van der Waals surface area contributed by atoms with E-state index >= 15 is 0 Å². The van der Waals surface area contributed by atoms with Crippen molar-refractivity contribution in [1.82, 2.24) is 4.90 Å². The van der Waals surface area contributed by atoms with Gasteiger partial charge < -0.3 is 20.1 Å². The Kier molecular flexibility index (Phi) is 5.25. The highest BCUT2D eigenvalue weighted by atomic mass is 16.5. The Balaban J connectivity index is 2.88. The number of hydrogen-bond acceptors (Lipinski definition) is 4. The van der Waals surface area contributed by atoms with Crippen molar-refractivity contribution in [3.63, 3.8) is 0 Å². The van der Waals surface area contributed by atoms with Crippen LogP contribution in [-0.4, -0.2) is 39.3 Å². The van der Waals surface area contributed by atoms with E-state index < -0.39 is 0 Å². The summed E-state index contributed by atoms with van der Waals surface area (Å²) in [4.78, 5) is 2.17. The third kappa shape index (κ3) is 3.61. The van der Waals surface area contributed by atoms with Gasteiger partial charge in [-0.15, -0.1) is 0 Å². The summed E-state index contributed by atoms with van der Waals surface area (Å²) in [6.07, 6.45) is 0. The van der Waals surface area contributed by atoms with Crippen LogP contribution in [0.5, 0.6) is 11.5 Å². The third-order valence-corrected chi connectivity index (χ3v) is 2.89. The lowest BCUT2D eigenvalue weighted by molar-refractivity contribution is 0.322. The molecule has 0 saturated heterocycles. The van der Waals surface area contributed by atoms with Gasteiger partial charge in [-0.1, -0.05) is 13.0 Å². The molecule has 2 N–H and O–H groups in total. The van der Waals surface area contributed by atoms with E-state index in [-0.39, 0.29) is 6.04 Å². The van der Waals surface area contributed by atoms with Crippen molar-refractivity contribution in [1.29, 1.82) is 0 Å². The molecular weight excluding hydrogens is 216 g/mol. The van der Waals surface area contributed by atoms with Crippen molar-refractivity contribution < 1.29 is 9.47 Å². The molecule has 1 rings (SSSR count). The maximum absolute atomic E-state index is 6.18. The van der Waals surface area contributed by atoms with E-state index in [4.69, 9.17) is 15.2 Å². The predicted molar refractivity (Wildman–Crippen MR) is 69.6 cm³/mol. The van der Waals surface area contributed by atoms with Gasteiger partial charge >= 0.3 is 0 Å². The Bertz CT molecular complexity index is 355. The van der Waals surface area contributed by atoms with Crippen LogP contribution in [0.3, 0.4) is 0 Å². The van der Waals surface area contributed by atoms with Crippen LogP contribution in [-0.2, 0) is 0 Å². The van der Waals surface area contributed by atoms with Gasteiger partial charge in [-0.05, 0) is 19.7 Å². The lowest BCUT2D eigenvalue weighted by Crippen LogP contribution is -2.29. The standard InChI is InChI=1S/C13H22N2O2/c1-5-15(2)9-12(14)11-7-6-10(16-3)8-13(11)17-4/h6-8,12H,5,9,14H2,1-4H3. The molecule has 0 spiro atoms. The molecule has 0 radical (unpaired) electrons. The summed E-state index contributed by atoms with van der Waals surface area (Å²) < 4.78 is 10.5. The number of nitrogens with two attached hydrogens (primary N) is 1. The van der Waals surface area contributed by atoms with Gasteiger partial charge in [0.15, 0.2) is 0 Å². The molecule has 96 valence electrons. The zero-order chi connectivity index (χ0) is 12.8. The van der Waals surface area contributed by atoms with E-state index in [0.29, 0.717) is 0 Å². The quantitative estimate of drug-likeness (QED) is 0.818. The number of likely N-dealkylation sites (N-methyl/N-ethyl adjacent to an activating group) is 1. The van der Waals surface area contributed by atoms with E-state index in [9.17, 15) is 0 Å². The molecule has 17 heavy (non-hydrogen) atoms. The Morgan fingerprint density at radius 3 is 2.53 bits per heavy atom. The van der Waals surface area contributed by atoms with Crippen molar-refractivity contribution in [3.05, 3.63) is 23.8 Å². The van der Waals surface area contributed by atoms with Crippen LogP contribution in [0.15, 0.2) is 18.2 Å². The van der Waals surface area contributed by atoms with Crippen LogP contribution in [0.1, 0.15) is 18.5 Å². The van der Waals surface area contributed by atoms with Crippen molar-refractivity contribution in [2.75, 3.05) is 34.4 Å². The molecule has 1 atom stereocenters. The van der Waals surface area contributed by atoms with Crippen LogP contribution < -0.4 is 15.2 Å². The van der Waals surface area contributed by atoms with E-state index in [1.165, 1.54) is 0 Å². The zero-order valence-corrected chi connectivity index (χ0v) is 11.1. The Morgan fingerprint density at radius 1 is 1.29 bits per heavy atom. The number of nitrogens with zero attached hydrogens (tertiary/aromatic N) is 1. The lowest BCUT2D eigenvalue weighted by Gasteiger charge is -2.21. The van der Waals surface area contributed by atoms with Crippen LogP contribution in [0, 0.1) is 0 Å². The molecule has 0 saturated carbocycles. The van der Waals surface area contributed by atoms with Gasteiger partial charge in [0.2, 0.25) is 0 Å². The minimum Gasteiger partial charge on any atom is -0.497 e. The van der Waals surface area contributed by atoms with Gasteiger partial charge in [-0.25, -0.2) is 0 Å². The summed E-state index contributed by atoms with van der Waals surface area (Å²) in [6, 6.07) is 5.68. The summed E-state index contributed by atoms with van der Waals surface area (Å²) >= 11 is 0. The summed E-state index contributed by atoms with van der Waals surface area (Å²) in [5.41, 5.74) is 7.18. The number of hydrogen-bond donors (Lipinski definition) is 1. The topological polar surface area (TPSA) is 47.7 Å². The smallest absolute Gasteiger partial charge is 0.127 e. The van der Waals surface area contributed by atoms with Crippen LogP contribution in [0.4, 0.5) is 0 Å². The number of benzene rings is 1. The minimum absolute atomic E-state index is 0.0548. The lowest BCUT2D eigenvalue weighted by atomic mass is 10.1. The average molecular weight is 238 g/mol. The molecule has 4 nitrogen and oxygen atoms in total. The first-order chi connectivity index (χ1) is 8.12. The molecule has 0 aliphatic carbocycles. The van der Waals surface area contributed by atoms with E-state index in [1.807, 2.05) is 18.2 Å². The highest BCUT2D eigenvalue weighted by Gasteiger charge is 2.14. The molecule has 0 aliphatic heterocycles. The monoisotopic (exact) mass is 238 g/mol. The first-order valence-corrected chi connectivity index (χ1v) is 5.78. The summed E-state index contributed by atoms with van der Waals surface area (Å²) in [5, 5.41) is 0. The molecule has 0 bridgehead atoms. The second-order valence-electron chi connectivity index (χ2n) is 4.07. The van der Waals surface area contributed by atoms with Crippen molar-refractivity contribution >= 4 is 0 Å². The Morgan fingerprint density at radius 2 is 2.00 bits per heavy atom. The highest BCUT2D eigenvalue weighted by molar-refractivity contribution is 5.42. The molecule has 0 aromatic heterocycles. The Hall–Kier alpha value is -1.26. The first-order valence-electron chi connectivity index (χ1n) is 5.78. The maximum atomic E-state index is 6.18. The first kappa shape index (κ1) is 13.8. The zero-order valence-electron chi connectivity index (χ0n) is 11.1. The molecule has 1 unspecified atom stereocenters. The van der Waals surface area contributed by atoms with Crippen molar-refractivity contribution in [2.24, 2.45) is 5.73 Å². The normalized spacial score (nSPS) is 12.6. The van der Waals surface area contributed by atoms with Gasteiger partial charge in [-0.2, -0.15) is 0 Å². The average Bonchev–Trinajstić information content (AvgIpc) is 2.37. The summed E-state index contributed by atoms with van der Waals surface area (Å²) in [6.45, 7) is 3.89. The molecule has 1 aromatic rings. The van der Waals surface area contributed by atoms with E-state index in [2.05, 4.69) is 18.9 Å². The fourth-order valence-corrected chi connectivity index (χ4v) is 1.69. The largest absolute Gasteiger partial charge is 0.497 e. The van der Waals surface area contributed by atoms with Gasteiger partial charge in [-0.3, -0.25) is 0 Å².